The van der Waals surface area contributed by atoms with Crippen LogP contribution in [-0.2, 0) is 14.3 Å². The minimum absolute atomic E-state index is 0.0329. The number of benzene rings is 1. The monoisotopic (exact) mass is 548 g/mol. The van der Waals surface area contributed by atoms with Crippen molar-refractivity contribution >= 4 is 17.8 Å². The summed E-state index contributed by atoms with van der Waals surface area (Å²) in [5.41, 5.74) is -0.388. The lowest BCUT2D eigenvalue weighted by Gasteiger charge is -2.30. The molecule has 0 spiro atoms. The van der Waals surface area contributed by atoms with Crippen LogP contribution in [0.3, 0.4) is 0 Å². The largest absolute Gasteiger partial charge is 0.496 e. The summed E-state index contributed by atoms with van der Waals surface area (Å²) in [7, 11) is 1.38. The van der Waals surface area contributed by atoms with Crippen molar-refractivity contribution in [2.75, 3.05) is 7.11 Å². The first kappa shape index (κ1) is 30.7. The Morgan fingerprint density at radius 3 is 2.23 bits per heavy atom. The number of rotatable bonds is 9. The van der Waals surface area contributed by atoms with Crippen LogP contribution in [0, 0.1) is 23.6 Å². The Balaban J connectivity index is 1.66. The third-order valence-electron chi connectivity index (χ3n) is 7.75. The fraction of sp³-hybridized carbons (Fsp3) is 0.700. The van der Waals surface area contributed by atoms with E-state index in [0.29, 0.717) is 44.4 Å². The SMILES string of the molecule is COc1cc(F)c(OC2CCC(C(=O)OC(C)(C)C)CC2)cc1C(=O)NC1CCCC1C(=O)NC(C)C(C)C. The smallest absolute Gasteiger partial charge is 0.309 e. The summed E-state index contributed by atoms with van der Waals surface area (Å²) in [6, 6.07) is 2.23. The van der Waals surface area contributed by atoms with E-state index in [1.165, 1.54) is 13.2 Å². The normalized spacial score (nSPS) is 24.1. The van der Waals surface area contributed by atoms with Crippen LogP contribution >= 0.6 is 0 Å². The van der Waals surface area contributed by atoms with Gasteiger partial charge >= 0.3 is 5.97 Å². The maximum atomic E-state index is 14.9. The van der Waals surface area contributed by atoms with Gasteiger partial charge in [0.25, 0.3) is 5.91 Å². The van der Waals surface area contributed by atoms with Gasteiger partial charge < -0.3 is 24.8 Å². The standard InChI is InChI=1S/C30H45FN2O6/c1-17(2)18(3)32-27(34)21-9-8-10-24(21)33-28(35)22-15-26(23(31)16-25(22)37-7)38-20-13-11-19(12-14-20)29(36)39-30(4,5)6/h15-21,24H,8-14H2,1-7H3,(H,32,34)(H,33,35). The van der Waals surface area contributed by atoms with E-state index < -0.39 is 17.3 Å². The van der Waals surface area contributed by atoms with Gasteiger partial charge in [0.15, 0.2) is 11.6 Å². The summed E-state index contributed by atoms with van der Waals surface area (Å²) >= 11 is 0. The molecule has 0 aliphatic heterocycles. The number of methoxy groups -OCH3 is 1. The number of carbonyl (C=O) groups excluding carboxylic acids is 3. The number of amides is 2. The van der Waals surface area contributed by atoms with Gasteiger partial charge in [-0.3, -0.25) is 14.4 Å². The van der Waals surface area contributed by atoms with Crippen molar-refractivity contribution in [1.82, 2.24) is 10.6 Å². The van der Waals surface area contributed by atoms with Gasteiger partial charge in [0, 0.05) is 18.2 Å². The first-order valence-corrected chi connectivity index (χ1v) is 14.2. The number of esters is 1. The van der Waals surface area contributed by atoms with Gasteiger partial charge in [-0.1, -0.05) is 20.3 Å². The average Bonchev–Trinajstić information content (AvgIpc) is 3.32. The fourth-order valence-corrected chi connectivity index (χ4v) is 5.14. The van der Waals surface area contributed by atoms with E-state index in [9.17, 15) is 18.8 Å². The predicted octanol–water partition coefficient (Wildman–Crippen LogP) is 5.17. The molecule has 0 aromatic heterocycles. The molecule has 8 nitrogen and oxygen atoms in total. The van der Waals surface area contributed by atoms with Crippen molar-refractivity contribution in [3.63, 3.8) is 0 Å². The molecule has 0 heterocycles. The zero-order valence-electron chi connectivity index (χ0n) is 24.4. The van der Waals surface area contributed by atoms with Gasteiger partial charge in [-0.05, 0) is 78.2 Å². The molecule has 2 amide bonds. The molecule has 3 atom stereocenters. The zero-order chi connectivity index (χ0) is 28.9. The second-order valence-electron chi connectivity index (χ2n) is 12.3. The molecular weight excluding hydrogens is 503 g/mol. The van der Waals surface area contributed by atoms with Crippen molar-refractivity contribution in [2.24, 2.45) is 17.8 Å². The van der Waals surface area contributed by atoms with Crippen LogP contribution < -0.4 is 20.1 Å². The topological polar surface area (TPSA) is 103 Å². The maximum Gasteiger partial charge on any atom is 0.309 e. The van der Waals surface area contributed by atoms with Gasteiger partial charge in [0.2, 0.25) is 5.91 Å². The highest BCUT2D eigenvalue weighted by Crippen LogP contribution is 2.34. The van der Waals surface area contributed by atoms with E-state index in [4.69, 9.17) is 14.2 Å². The minimum atomic E-state index is -0.626. The Kier molecular flexibility index (Phi) is 10.2. The molecule has 0 bridgehead atoms. The van der Waals surface area contributed by atoms with E-state index in [0.717, 1.165) is 12.5 Å². The molecule has 1 aromatic carbocycles. The van der Waals surface area contributed by atoms with Crippen LogP contribution in [0.25, 0.3) is 0 Å². The number of halogens is 1. The Morgan fingerprint density at radius 2 is 1.64 bits per heavy atom. The average molecular weight is 549 g/mol. The maximum absolute atomic E-state index is 14.9. The summed E-state index contributed by atoms with van der Waals surface area (Å²) in [6.45, 7) is 11.6. The molecular formula is C30H45FN2O6. The third-order valence-corrected chi connectivity index (χ3v) is 7.75. The fourth-order valence-electron chi connectivity index (χ4n) is 5.14. The number of hydrogen-bond acceptors (Lipinski definition) is 6. The van der Waals surface area contributed by atoms with Crippen molar-refractivity contribution < 1.29 is 33.0 Å². The second-order valence-corrected chi connectivity index (χ2v) is 12.3. The molecule has 2 aliphatic carbocycles. The molecule has 3 rings (SSSR count). The van der Waals surface area contributed by atoms with Crippen molar-refractivity contribution in [1.29, 1.82) is 0 Å². The third kappa shape index (κ3) is 8.32. The molecule has 2 saturated carbocycles. The van der Waals surface area contributed by atoms with Gasteiger partial charge in [-0.2, -0.15) is 0 Å². The molecule has 2 fully saturated rings. The summed E-state index contributed by atoms with van der Waals surface area (Å²) in [5, 5.41) is 6.04. The second kappa shape index (κ2) is 13.0. The molecule has 0 saturated heterocycles. The first-order valence-electron chi connectivity index (χ1n) is 14.2. The van der Waals surface area contributed by atoms with Gasteiger partial charge in [0.1, 0.15) is 11.4 Å². The summed E-state index contributed by atoms with van der Waals surface area (Å²) in [5.74, 6) is -1.50. The zero-order valence-corrected chi connectivity index (χ0v) is 24.4. The van der Waals surface area contributed by atoms with Crippen molar-refractivity contribution in [3.8, 4) is 11.5 Å². The van der Waals surface area contributed by atoms with Gasteiger partial charge in [-0.15, -0.1) is 0 Å². The molecule has 39 heavy (non-hydrogen) atoms. The quantitative estimate of drug-likeness (QED) is 0.413. The van der Waals surface area contributed by atoms with E-state index in [1.807, 2.05) is 41.5 Å². The van der Waals surface area contributed by atoms with Crippen LogP contribution in [0.4, 0.5) is 4.39 Å². The highest BCUT2D eigenvalue weighted by Gasteiger charge is 2.36. The highest BCUT2D eigenvalue weighted by atomic mass is 19.1. The highest BCUT2D eigenvalue weighted by molar-refractivity contribution is 5.98. The molecule has 2 N–H and O–H groups in total. The predicted molar refractivity (Wildman–Crippen MR) is 146 cm³/mol. The van der Waals surface area contributed by atoms with Crippen LogP contribution in [0.2, 0.25) is 0 Å². The van der Waals surface area contributed by atoms with Crippen molar-refractivity contribution in [3.05, 3.63) is 23.5 Å². The lowest BCUT2D eigenvalue weighted by atomic mass is 9.87. The number of hydrogen-bond donors (Lipinski definition) is 2. The molecule has 0 radical (unpaired) electrons. The van der Waals surface area contributed by atoms with E-state index in [1.54, 1.807) is 0 Å². The van der Waals surface area contributed by atoms with Crippen LogP contribution in [-0.4, -0.2) is 48.7 Å². The van der Waals surface area contributed by atoms with Crippen molar-refractivity contribution in [2.45, 2.75) is 110 Å². The van der Waals surface area contributed by atoms with Gasteiger partial charge in [0.05, 0.1) is 30.6 Å². The Morgan fingerprint density at radius 1 is 0.974 bits per heavy atom. The number of carbonyl (C=O) groups is 3. The number of nitrogens with one attached hydrogen (secondary N) is 2. The van der Waals surface area contributed by atoms with E-state index in [-0.39, 0.29) is 59.0 Å². The van der Waals surface area contributed by atoms with Gasteiger partial charge in [-0.25, -0.2) is 4.39 Å². The summed E-state index contributed by atoms with van der Waals surface area (Å²) in [4.78, 5) is 38.6. The van der Waals surface area contributed by atoms with Crippen LogP contribution in [0.5, 0.6) is 11.5 Å². The van der Waals surface area contributed by atoms with Crippen LogP contribution in [0.1, 0.15) is 96.8 Å². The minimum Gasteiger partial charge on any atom is -0.496 e. The first-order chi connectivity index (χ1) is 18.3. The summed E-state index contributed by atoms with van der Waals surface area (Å²) < 4.78 is 31.7. The Hall–Kier alpha value is -2.84. The Bertz CT molecular complexity index is 1030. The summed E-state index contributed by atoms with van der Waals surface area (Å²) in [6.07, 6.45) is 4.26. The molecule has 1 aromatic rings. The van der Waals surface area contributed by atoms with E-state index in [2.05, 4.69) is 10.6 Å². The van der Waals surface area contributed by atoms with Crippen LogP contribution in [0.15, 0.2) is 12.1 Å². The molecule has 9 heteroatoms. The molecule has 3 unspecified atom stereocenters. The van der Waals surface area contributed by atoms with E-state index >= 15 is 0 Å². The lowest BCUT2D eigenvalue weighted by Crippen LogP contribution is -2.47. The number of ether oxygens (including phenoxy) is 3. The molecule has 2 aliphatic rings. The lowest BCUT2D eigenvalue weighted by molar-refractivity contribution is -0.161. The molecule has 218 valence electrons. The Labute approximate surface area is 231 Å².